The number of hydrogen-bond acceptors (Lipinski definition) is 4. The molecule has 0 heterocycles. The first-order valence-corrected chi connectivity index (χ1v) is 11.2. The smallest absolute Gasteiger partial charge is 0.261 e. The van der Waals surface area contributed by atoms with E-state index in [0.717, 1.165) is 0 Å². The molecule has 9 heteroatoms. The van der Waals surface area contributed by atoms with Gasteiger partial charge in [-0.3, -0.25) is 14.3 Å². The summed E-state index contributed by atoms with van der Waals surface area (Å²) in [6, 6.07) is 18.5. The zero-order valence-corrected chi connectivity index (χ0v) is 18.1. The molecule has 0 radical (unpaired) electrons. The zero-order valence-electron chi connectivity index (χ0n) is 16.6. The van der Waals surface area contributed by atoms with Crippen LogP contribution in [0.4, 0.5) is 11.4 Å². The van der Waals surface area contributed by atoms with E-state index in [9.17, 15) is 18.0 Å². The fourth-order valence-corrected chi connectivity index (χ4v) is 4.09. The molecule has 0 unspecified atom stereocenters. The van der Waals surface area contributed by atoms with Crippen molar-refractivity contribution in [1.29, 1.82) is 0 Å². The Hall–Kier alpha value is -3.36. The fraction of sp³-hybridized carbons (Fsp3) is 0.0909. The number of carbonyl (C=O) groups excluding carboxylic acids is 2. The third kappa shape index (κ3) is 5.62. The van der Waals surface area contributed by atoms with Gasteiger partial charge in [-0.1, -0.05) is 29.8 Å². The van der Waals surface area contributed by atoms with Gasteiger partial charge < -0.3 is 10.6 Å². The van der Waals surface area contributed by atoms with Crippen LogP contribution in [0.1, 0.15) is 27.6 Å². The molecule has 160 valence electrons. The van der Waals surface area contributed by atoms with Gasteiger partial charge in [0.1, 0.15) is 0 Å². The Kier molecular flexibility index (Phi) is 6.94. The maximum atomic E-state index is 12.7. The first-order chi connectivity index (χ1) is 14.8. The van der Waals surface area contributed by atoms with Crippen molar-refractivity contribution in [3.8, 4) is 0 Å². The normalized spacial score (nSPS) is 10.9. The van der Waals surface area contributed by atoms with Gasteiger partial charge in [0.2, 0.25) is 0 Å². The van der Waals surface area contributed by atoms with Crippen LogP contribution < -0.4 is 15.4 Å². The van der Waals surface area contributed by atoms with E-state index in [-0.39, 0.29) is 27.1 Å². The number of carbonyl (C=O) groups is 2. The van der Waals surface area contributed by atoms with Gasteiger partial charge in [0.25, 0.3) is 21.8 Å². The molecule has 0 spiro atoms. The summed E-state index contributed by atoms with van der Waals surface area (Å²) in [5, 5.41) is 5.64. The quantitative estimate of drug-likeness (QED) is 0.495. The SMILES string of the molecule is CCNC(=O)c1ccc(NC(=O)c2cccc(S(=O)(=O)Nc3ccccc3Cl)c2)cc1. The molecule has 0 aliphatic carbocycles. The lowest BCUT2D eigenvalue weighted by Gasteiger charge is -2.11. The minimum absolute atomic E-state index is 0.0772. The standard InChI is InChI=1S/C22H20ClN3O4S/c1-2-24-21(27)15-10-12-17(13-11-15)25-22(28)16-6-5-7-18(14-16)31(29,30)26-20-9-4-3-8-19(20)23/h3-14,26H,2H2,1H3,(H,24,27)(H,25,28). The molecule has 0 atom stereocenters. The molecule has 0 saturated carbocycles. The highest BCUT2D eigenvalue weighted by atomic mass is 35.5. The third-order valence-corrected chi connectivity index (χ3v) is 5.96. The Bertz CT molecular complexity index is 1210. The lowest BCUT2D eigenvalue weighted by Crippen LogP contribution is -2.22. The number of nitrogens with one attached hydrogen (secondary N) is 3. The molecule has 3 rings (SSSR count). The van der Waals surface area contributed by atoms with Crippen molar-refractivity contribution in [2.45, 2.75) is 11.8 Å². The maximum Gasteiger partial charge on any atom is 0.261 e. The van der Waals surface area contributed by atoms with Crippen LogP contribution in [-0.4, -0.2) is 26.8 Å². The molecule has 3 aromatic rings. The highest BCUT2D eigenvalue weighted by Crippen LogP contribution is 2.24. The van der Waals surface area contributed by atoms with Crippen molar-refractivity contribution in [2.75, 3.05) is 16.6 Å². The van der Waals surface area contributed by atoms with Crippen LogP contribution in [0.5, 0.6) is 0 Å². The number of para-hydroxylation sites is 1. The summed E-state index contributed by atoms with van der Waals surface area (Å²) in [7, 11) is -3.94. The Morgan fingerprint density at radius 2 is 1.58 bits per heavy atom. The number of benzene rings is 3. The summed E-state index contributed by atoms with van der Waals surface area (Å²) < 4.78 is 27.8. The minimum Gasteiger partial charge on any atom is -0.352 e. The predicted molar refractivity (Wildman–Crippen MR) is 121 cm³/mol. The van der Waals surface area contributed by atoms with E-state index in [1.54, 1.807) is 48.5 Å². The second-order valence-corrected chi connectivity index (χ2v) is 8.59. The lowest BCUT2D eigenvalue weighted by molar-refractivity contribution is 0.0955. The number of hydrogen-bond donors (Lipinski definition) is 3. The van der Waals surface area contributed by atoms with Crippen LogP contribution in [0.25, 0.3) is 0 Å². The van der Waals surface area contributed by atoms with E-state index in [4.69, 9.17) is 11.6 Å². The summed E-state index contributed by atoms with van der Waals surface area (Å²) in [5.74, 6) is -0.690. The molecule has 0 aliphatic heterocycles. The first kappa shape index (κ1) is 22.3. The largest absolute Gasteiger partial charge is 0.352 e. The second kappa shape index (κ2) is 9.63. The molecule has 3 aromatic carbocycles. The average molecular weight is 458 g/mol. The summed E-state index contributed by atoms with van der Waals surface area (Å²) >= 11 is 6.02. The van der Waals surface area contributed by atoms with E-state index in [0.29, 0.717) is 17.8 Å². The molecule has 31 heavy (non-hydrogen) atoms. The minimum atomic E-state index is -3.94. The van der Waals surface area contributed by atoms with Gasteiger partial charge in [0.15, 0.2) is 0 Å². The Morgan fingerprint density at radius 3 is 2.26 bits per heavy atom. The highest BCUT2D eigenvalue weighted by molar-refractivity contribution is 7.92. The Labute approximate surface area is 185 Å². The molecule has 0 fully saturated rings. The van der Waals surface area contributed by atoms with E-state index in [1.807, 2.05) is 6.92 Å². The van der Waals surface area contributed by atoms with Crippen molar-refractivity contribution in [3.05, 3.63) is 88.9 Å². The zero-order chi connectivity index (χ0) is 22.4. The summed E-state index contributed by atoms with van der Waals surface area (Å²) in [4.78, 5) is 24.3. The predicted octanol–water partition coefficient (Wildman–Crippen LogP) is 4.14. The van der Waals surface area contributed by atoms with E-state index < -0.39 is 15.9 Å². The van der Waals surface area contributed by atoms with Crippen molar-refractivity contribution in [2.24, 2.45) is 0 Å². The summed E-state index contributed by atoms with van der Waals surface area (Å²) in [5.41, 5.74) is 1.35. The van der Waals surface area contributed by atoms with Gasteiger partial charge in [-0.15, -0.1) is 0 Å². The van der Waals surface area contributed by atoms with Gasteiger partial charge in [-0.2, -0.15) is 0 Å². The van der Waals surface area contributed by atoms with Gasteiger partial charge >= 0.3 is 0 Å². The highest BCUT2D eigenvalue weighted by Gasteiger charge is 2.18. The van der Waals surface area contributed by atoms with Crippen molar-refractivity contribution >= 4 is 44.8 Å². The molecule has 0 aliphatic rings. The number of amides is 2. The third-order valence-electron chi connectivity index (χ3n) is 4.27. The Balaban J connectivity index is 1.75. The van der Waals surface area contributed by atoms with Gasteiger partial charge in [0.05, 0.1) is 15.6 Å². The van der Waals surface area contributed by atoms with Crippen LogP contribution in [0, 0.1) is 0 Å². The monoisotopic (exact) mass is 457 g/mol. The van der Waals surface area contributed by atoms with Crippen LogP contribution in [0.15, 0.2) is 77.7 Å². The fourth-order valence-electron chi connectivity index (χ4n) is 2.72. The second-order valence-electron chi connectivity index (χ2n) is 6.50. The summed E-state index contributed by atoms with van der Waals surface area (Å²) in [6.07, 6.45) is 0. The van der Waals surface area contributed by atoms with Crippen LogP contribution in [0.2, 0.25) is 5.02 Å². The summed E-state index contributed by atoms with van der Waals surface area (Å²) in [6.45, 7) is 2.34. The van der Waals surface area contributed by atoms with Crippen molar-refractivity contribution < 1.29 is 18.0 Å². The number of anilines is 2. The molecule has 2 amide bonds. The first-order valence-electron chi connectivity index (χ1n) is 9.37. The topological polar surface area (TPSA) is 104 Å². The molecular weight excluding hydrogens is 438 g/mol. The molecule has 7 nitrogen and oxygen atoms in total. The van der Waals surface area contributed by atoms with Crippen molar-refractivity contribution in [1.82, 2.24) is 5.32 Å². The van der Waals surface area contributed by atoms with Crippen molar-refractivity contribution in [3.63, 3.8) is 0 Å². The number of rotatable bonds is 7. The maximum absolute atomic E-state index is 12.7. The molecule has 0 bridgehead atoms. The average Bonchev–Trinajstić information content (AvgIpc) is 2.76. The molecule has 0 saturated heterocycles. The lowest BCUT2D eigenvalue weighted by atomic mass is 10.1. The van der Waals surface area contributed by atoms with E-state index in [1.165, 1.54) is 24.3 Å². The van der Waals surface area contributed by atoms with Gasteiger partial charge in [-0.05, 0) is 61.5 Å². The van der Waals surface area contributed by atoms with Crippen LogP contribution in [0.3, 0.4) is 0 Å². The Morgan fingerprint density at radius 1 is 0.871 bits per heavy atom. The molecule has 3 N–H and O–H groups in total. The van der Waals surface area contributed by atoms with Gasteiger partial charge in [0, 0.05) is 23.4 Å². The molecular formula is C22H20ClN3O4S. The van der Waals surface area contributed by atoms with Gasteiger partial charge in [-0.25, -0.2) is 8.42 Å². The molecule has 0 aromatic heterocycles. The number of halogens is 1. The number of sulfonamides is 1. The van der Waals surface area contributed by atoms with Crippen LogP contribution >= 0.6 is 11.6 Å². The van der Waals surface area contributed by atoms with Crippen LogP contribution in [-0.2, 0) is 10.0 Å². The van der Waals surface area contributed by atoms with E-state index in [2.05, 4.69) is 15.4 Å². The van der Waals surface area contributed by atoms with E-state index >= 15 is 0 Å².